The summed E-state index contributed by atoms with van der Waals surface area (Å²) in [7, 11) is 0. The number of amides is 1. The number of nitrogens with one attached hydrogen (secondary N) is 1. The molecule has 146 valence electrons. The van der Waals surface area contributed by atoms with Crippen molar-refractivity contribution in [3.05, 3.63) is 46.9 Å². The average molecular weight is 377 g/mol. The number of carbonyl (C=O) groups is 1. The summed E-state index contributed by atoms with van der Waals surface area (Å²) in [6.07, 6.45) is 6.40. The Morgan fingerprint density at radius 1 is 1.32 bits per heavy atom. The van der Waals surface area contributed by atoms with E-state index < -0.39 is 0 Å². The number of piperidine rings is 1. The van der Waals surface area contributed by atoms with Gasteiger partial charge < -0.3 is 16.0 Å². The Hall–Kier alpha value is -2.47. The van der Waals surface area contributed by atoms with Gasteiger partial charge in [0, 0.05) is 28.9 Å². The lowest BCUT2D eigenvalue weighted by Gasteiger charge is -2.35. The van der Waals surface area contributed by atoms with Gasteiger partial charge in [-0.25, -0.2) is 9.97 Å². The van der Waals surface area contributed by atoms with E-state index in [9.17, 15) is 4.79 Å². The van der Waals surface area contributed by atoms with Gasteiger partial charge in [-0.15, -0.1) is 0 Å². The van der Waals surface area contributed by atoms with Crippen molar-refractivity contribution in [1.82, 2.24) is 15.3 Å². The van der Waals surface area contributed by atoms with Gasteiger partial charge in [-0.1, -0.05) is 19.1 Å². The monoisotopic (exact) mass is 377 g/mol. The molecule has 0 bridgehead atoms. The molecule has 1 aromatic carbocycles. The van der Waals surface area contributed by atoms with E-state index in [0.717, 1.165) is 56.7 Å². The Bertz CT molecular complexity index is 935. The van der Waals surface area contributed by atoms with Crippen LogP contribution in [0.5, 0.6) is 0 Å². The molecule has 28 heavy (non-hydrogen) atoms. The van der Waals surface area contributed by atoms with Crippen molar-refractivity contribution in [2.24, 2.45) is 5.73 Å². The van der Waals surface area contributed by atoms with Crippen LogP contribution in [-0.4, -0.2) is 35.5 Å². The zero-order valence-electron chi connectivity index (χ0n) is 16.4. The standard InChI is InChI=1S/C22H27N5O/c1-14-2-4-17-20(14)21(26-13-25-17)27-12-22(6-8-24-9-7-22)16-10-15(11-19(23)28)3-5-18(16)27/h3,5,10,13-14,24H,2,4,6-9,11-12H2,1H3,(H2,23,28)/t14-/m1/s1. The first-order chi connectivity index (χ1) is 13.6. The first kappa shape index (κ1) is 17.6. The van der Waals surface area contributed by atoms with Crippen molar-refractivity contribution in [2.75, 3.05) is 24.5 Å². The van der Waals surface area contributed by atoms with Crippen molar-refractivity contribution in [3.63, 3.8) is 0 Å². The average Bonchev–Trinajstić information content (AvgIpc) is 3.21. The molecule has 2 aromatic rings. The van der Waals surface area contributed by atoms with Crippen LogP contribution in [0.2, 0.25) is 0 Å². The third-order valence-corrected chi connectivity index (χ3v) is 6.83. The first-order valence-corrected chi connectivity index (χ1v) is 10.3. The lowest BCUT2D eigenvalue weighted by atomic mass is 9.74. The highest BCUT2D eigenvalue weighted by molar-refractivity contribution is 5.78. The minimum absolute atomic E-state index is 0.105. The molecule has 1 amide bonds. The number of nitrogens with zero attached hydrogens (tertiary/aromatic N) is 3. The molecule has 6 nitrogen and oxygen atoms in total. The van der Waals surface area contributed by atoms with Crippen LogP contribution in [0.4, 0.5) is 11.5 Å². The largest absolute Gasteiger partial charge is 0.369 e. The smallest absolute Gasteiger partial charge is 0.221 e. The number of rotatable bonds is 3. The Morgan fingerprint density at radius 3 is 2.93 bits per heavy atom. The van der Waals surface area contributed by atoms with Gasteiger partial charge in [-0.05, 0) is 61.9 Å². The summed E-state index contributed by atoms with van der Waals surface area (Å²) in [6, 6.07) is 6.43. The summed E-state index contributed by atoms with van der Waals surface area (Å²) in [4.78, 5) is 23.2. The lowest BCUT2D eigenvalue weighted by Crippen LogP contribution is -2.42. The van der Waals surface area contributed by atoms with E-state index in [-0.39, 0.29) is 11.3 Å². The predicted molar refractivity (Wildman–Crippen MR) is 109 cm³/mol. The Kier molecular flexibility index (Phi) is 4.12. The van der Waals surface area contributed by atoms with Gasteiger partial charge in [0.05, 0.1) is 6.42 Å². The molecule has 6 heteroatoms. The van der Waals surface area contributed by atoms with Gasteiger partial charge in [0.1, 0.15) is 12.1 Å². The number of aryl methyl sites for hydroxylation is 1. The predicted octanol–water partition coefficient (Wildman–Crippen LogP) is 2.33. The highest BCUT2D eigenvalue weighted by Gasteiger charge is 2.45. The summed E-state index contributed by atoms with van der Waals surface area (Å²) in [5.41, 5.74) is 11.7. The van der Waals surface area contributed by atoms with Crippen molar-refractivity contribution in [2.45, 2.75) is 50.4 Å². The molecule has 3 aliphatic rings. The molecule has 1 atom stereocenters. The van der Waals surface area contributed by atoms with Crippen molar-refractivity contribution in [3.8, 4) is 0 Å². The highest BCUT2D eigenvalue weighted by atomic mass is 16.1. The van der Waals surface area contributed by atoms with Crippen LogP contribution in [0.1, 0.15) is 54.5 Å². The van der Waals surface area contributed by atoms with Crippen LogP contribution >= 0.6 is 0 Å². The van der Waals surface area contributed by atoms with Gasteiger partial charge in [0.25, 0.3) is 0 Å². The highest BCUT2D eigenvalue weighted by Crippen LogP contribution is 2.51. The van der Waals surface area contributed by atoms with E-state index >= 15 is 0 Å². The normalized spacial score (nSPS) is 22.3. The minimum atomic E-state index is -0.281. The number of anilines is 2. The Labute approximate surface area is 165 Å². The van der Waals surface area contributed by atoms with Crippen LogP contribution in [-0.2, 0) is 23.1 Å². The molecule has 1 fully saturated rings. The molecule has 0 radical (unpaired) electrons. The SMILES string of the molecule is C[C@@H]1CCc2ncnc(N3CC4(CCNCC4)c4cc(CC(N)=O)ccc43)c21. The number of aromatic nitrogens is 2. The maximum atomic E-state index is 11.5. The molecule has 1 spiro atoms. The lowest BCUT2D eigenvalue weighted by molar-refractivity contribution is -0.117. The number of carbonyl (C=O) groups excluding carboxylic acids is 1. The van der Waals surface area contributed by atoms with Crippen LogP contribution in [0, 0.1) is 0 Å². The summed E-state index contributed by atoms with van der Waals surface area (Å²) in [5.74, 6) is 1.29. The van der Waals surface area contributed by atoms with Crippen LogP contribution in [0.25, 0.3) is 0 Å². The number of benzene rings is 1. The molecule has 0 unspecified atom stereocenters. The van der Waals surface area contributed by atoms with E-state index in [1.54, 1.807) is 6.33 Å². The summed E-state index contributed by atoms with van der Waals surface area (Å²) in [6.45, 7) is 5.27. The number of hydrogen-bond donors (Lipinski definition) is 2. The number of fused-ring (bicyclic) bond motifs is 3. The number of hydrogen-bond acceptors (Lipinski definition) is 5. The van der Waals surface area contributed by atoms with Gasteiger partial charge in [-0.3, -0.25) is 4.79 Å². The fourth-order valence-corrected chi connectivity index (χ4v) is 5.39. The second kappa shape index (κ2) is 6.55. The quantitative estimate of drug-likeness (QED) is 0.858. The van der Waals surface area contributed by atoms with Crippen molar-refractivity contribution in [1.29, 1.82) is 0 Å². The van der Waals surface area contributed by atoms with E-state index in [4.69, 9.17) is 10.7 Å². The Morgan fingerprint density at radius 2 is 2.14 bits per heavy atom. The summed E-state index contributed by atoms with van der Waals surface area (Å²) in [5, 5.41) is 3.50. The van der Waals surface area contributed by atoms with Crippen LogP contribution in [0.3, 0.4) is 0 Å². The number of nitrogens with two attached hydrogens (primary N) is 1. The Balaban J connectivity index is 1.63. The topological polar surface area (TPSA) is 84.1 Å². The first-order valence-electron chi connectivity index (χ1n) is 10.3. The van der Waals surface area contributed by atoms with E-state index in [1.807, 2.05) is 6.07 Å². The number of primary amides is 1. The van der Waals surface area contributed by atoms with E-state index in [2.05, 4.69) is 34.3 Å². The minimum Gasteiger partial charge on any atom is -0.369 e. The molecule has 0 saturated carbocycles. The second-order valence-electron chi connectivity index (χ2n) is 8.61. The van der Waals surface area contributed by atoms with Crippen molar-refractivity contribution >= 4 is 17.4 Å². The molecule has 3 heterocycles. The molecule has 1 aromatic heterocycles. The summed E-state index contributed by atoms with van der Waals surface area (Å²) < 4.78 is 0. The van der Waals surface area contributed by atoms with Gasteiger partial charge >= 0.3 is 0 Å². The molecular weight excluding hydrogens is 350 g/mol. The fourth-order valence-electron chi connectivity index (χ4n) is 5.39. The van der Waals surface area contributed by atoms with Gasteiger partial charge in [0.2, 0.25) is 5.91 Å². The summed E-state index contributed by atoms with van der Waals surface area (Å²) >= 11 is 0. The van der Waals surface area contributed by atoms with E-state index in [1.165, 1.54) is 22.5 Å². The third-order valence-electron chi connectivity index (χ3n) is 6.83. The molecule has 1 aliphatic carbocycles. The maximum Gasteiger partial charge on any atom is 0.221 e. The van der Waals surface area contributed by atoms with Crippen molar-refractivity contribution < 1.29 is 4.79 Å². The van der Waals surface area contributed by atoms with Crippen LogP contribution < -0.4 is 16.0 Å². The molecular formula is C22H27N5O. The molecule has 2 aliphatic heterocycles. The van der Waals surface area contributed by atoms with Gasteiger partial charge in [-0.2, -0.15) is 0 Å². The molecule has 5 rings (SSSR count). The fraction of sp³-hybridized carbons (Fsp3) is 0.500. The third kappa shape index (κ3) is 2.70. The second-order valence-corrected chi connectivity index (χ2v) is 8.61. The molecule has 1 saturated heterocycles. The van der Waals surface area contributed by atoms with Crippen LogP contribution in [0.15, 0.2) is 24.5 Å². The van der Waals surface area contributed by atoms with E-state index in [0.29, 0.717) is 12.3 Å². The zero-order chi connectivity index (χ0) is 19.3. The zero-order valence-corrected chi connectivity index (χ0v) is 16.4. The molecule has 3 N–H and O–H groups in total. The van der Waals surface area contributed by atoms with Gasteiger partial charge in [0.15, 0.2) is 0 Å². The maximum absolute atomic E-state index is 11.5.